The highest BCUT2D eigenvalue weighted by Gasteiger charge is 2.26. The Hall–Kier alpha value is -8.01. The molecule has 0 saturated heterocycles. The standard InChI is InChI=1S/C61H47B3N2/c1-3-53(37-34-44(2)62(45-22-10-4-11-23-45)46-24-12-5-13-25-46)66-58-40-36-52(64(49-30-18-8-19-31-49)50-32-20-9-21-33-50)43-56(58)60-59(66)41-38-54-55-42-51(35-39-57(55)65-61(54)60)63(47-26-14-6-15-27-47)48-28-16-7-17-29-48/h3-43,65H,1H2,2H3/b44-34+,53-37+. The van der Waals surface area contributed by atoms with Crippen molar-refractivity contribution in [2.75, 3.05) is 0 Å². The van der Waals surface area contributed by atoms with Crippen LogP contribution in [0.2, 0.25) is 0 Å². The van der Waals surface area contributed by atoms with Gasteiger partial charge in [0.15, 0.2) is 0 Å². The summed E-state index contributed by atoms with van der Waals surface area (Å²) in [7, 11) is 0. The molecule has 0 spiro atoms. The number of aromatic amines is 1. The monoisotopic (exact) mass is 840 g/mol. The zero-order chi connectivity index (χ0) is 44.4. The van der Waals surface area contributed by atoms with Crippen molar-refractivity contribution in [2.24, 2.45) is 0 Å². The van der Waals surface area contributed by atoms with Crippen molar-refractivity contribution in [2.45, 2.75) is 6.92 Å². The normalized spacial score (nSPS) is 12.0. The molecule has 2 aromatic heterocycles. The van der Waals surface area contributed by atoms with Gasteiger partial charge in [-0.25, -0.2) is 0 Å². The van der Waals surface area contributed by atoms with Crippen molar-refractivity contribution in [3.63, 3.8) is 0 Å². The number of nitrogens with zero attached hydrogens (tertiary/aromatic N) is 1. The van der Waals surface area contributed by atoms with E-state index < -0.39 is 0 Å². The van der Waals surface area contributed by atoms with Crippen LogP contribution < -0.4 is 43.7 Å². The van der Waals surface area contributed by atoms with Gasteiger partial charge in [-0.2, -0.15) is 0 Å². The smallest absolute Gasteiger partial charge is 0.241 e. The summed E-state index contributed by atoms with van der Waals surface area (Å²) in [4.78, 5) is 3.97. The summed E-state index contributed by atoms with van der Waals surface area (Å²) in [5.41, 5.74) is 16.9. The van der Waals surface area contributed by atoms with Gasteiger partial charge in [0, 0.05) is 32.8 Å². The number of nitrogens with one attached hydrogen (secondary N) is 1. The molecule has 0 fully saturated rings. The minimum absolute atomic E-state index is 0.0560. The van der Waals surface area contributed by atoms with Gasteiger partial charge < -0.3 is 9.55 Å². The van der Waals surface area contributed by atoms with Crippen LogP contribution in [0.1, 0.15) is 6.92 Å². The molecular formula is C61H47B3N2. The number of hydrogen-bond donors (Lipinski definition) is 1. The van der Waals surface area contributed by atoms with Crippen LogP contribution in [0.5, 0.6) is 0 Å². The van der Waals surface area contributed by atoms with Gasteiger partial charge in [0.05, 0.1) is 16.6 Å². The summed E-state index contributed by atoms with van der Waals surface area (Å²) in [6.07, 6.45) is 6.54. The predicted octanol–water partition coefficient (Wildman–Crippen LogP) is 9.28. The van der Waals surface area contributed by atoms with Gasteiger partial charge in [0.25, 0.3) is 0 Å². The molecule has 5 heteroatoms. The maximum Gasteiger partial charge on any atom is 0.241 e. The Kier molecular flexibility index (Phi) is 11.0. The van der Waals surface area contributed by atoms with E-state index in [-0.39, 0.29) is 20.1 Å². The largest absolute Gasteiger partial charge is 0.354 e. The number of H-pyrrole nitrogens is 1. The van der Waals surface area contributed by atoms with Crippen LogP contribution in [0, 0.1) is 0 Å². The molecule has 0 aliphatic rings. The summed E-state index contributed by atoms with van der Waals surface area (Å²) >= 11 is 0. The number of rotatable bonds is 12. The Morgan fingerprint density at radius 1 is 0.424 bits per heavy atom. The second kappa shape index (κ2) is 17.9. The fourth-order valence-electron chi connectivity index (χ4n) is 10.4. The third kappa shape index (κ3) is 7.53. The topological polar surface area (TPSA) is 20.7 Å². The molecule has 1 N–H and O–H groups in total. The lowest BCUT2D eigenvalue weighted by Gasteiger charge is -2.16. The Bertz CT molecular complexity index is 3420. The SMILES string of the molecule is C=C/C(=C\C=C(/C)B(c1ccccc1)c1ccccc1)n1c2ccc(B(c3ccccc3)c3ccccc3)cc2c2c3[nH]c4ccc(B(c5ccccc5)c5ccccc5)cc4c3ccc21. The molecular weight excluding hydrogens is 793 g/mol. The summed E-state index contributed by atoms with van der Waals surface area (Å²) in [6.45, 7) is 6.96. The second-order valence-corrected chi connectivity index (χ2v) is 17.4. The molecule has 0 saturated carbocycles. The van der Waals surface area contributed by atoms with Crippen molar-refractivity contribution in [1.29, 1.82) is 0 Å². The molecule has 0 radical (unpaired) electrons. The fourth-order valence-corrected chi connectivity index (χ4v) is 10.4. The lowest BCUT2D eigenvalue weighted by Crippen LogP contribution is -2.51. The number of fused-ring (bicyclic) bond motifs is 7. The van der Waals surface area contributed by atoms with Crippen molar-refractivity contribution in [3.8, 4) is 0 Å². The number of allylic oxidation sites excluding steroid dienone is 5. The molecule has 0 aliphatic heterocycles. The van der Waals surface area contributed by atoms with Crippen LogP contribution in [-0.2, 0) is 0 Å². The Morgan fingerprint density at radius 3 is 1.32 bits per heavy atom. The highest BCUT2D eigenvalue weighted by Crippen LogP contribution is 2.39. The van der Waals surface area contributed by atoms with Crippen LogP contribution in [0.4, 0.5) is 0 Å². The van der Waals surface area contributed by atoms with Gasteiger partial charge in [-0.3, -0.25) is 0 Å². The van der Waals surface area contributed by atoms with E-state index in [1.807, 2.05) is 6.08 Å². The summed E-state index contributed by atoms with van der Waals surface area (Å²) in [5.74, 6) is 0. The molecule has 2 heterocycles. The van der Waals surface area contributed by atoms with Crippen molar-refractivity contribution >= 4 is 113 Å². The van der Waals surface area contributed by atoms with E-state index >= 15 is 0 Å². The van der Waals surface area contributed by atoms with Gasteiger partial charge in [0.2, 0.25) is 20.1 Å². The highest BCUT2D eigenvalue weighted by atomic mass is 15.0. The molecule has 9 aromatic carbocycles. The highest BCUT2D eigenvalue weighted by molar-refractivity contribution is 6.96. The average Bonchev–Trinajstić information content (AvgIpc) is 3.92. The van der Waals surface area contributed by atoms with Gasteiger partial charge in [0.1, 0.15) is 0 Å². The van der Waals surface area contributed by atoms with Crippen molar-refractivity contribution in [3.05, 3.63) is 261 Å². The summed E-state index contributed by atoms with van der Waals surface area (Å²) < 4.78 is 2.41. The second-order valence-electron chi connectivity index (χ2n) is 17.4. The lowest BCUT2D eigenvalue weighted by atomic mass is 9.36. The molecule has 0 unspecified atom stereocenters. The van der Waals surface area contributed by atoms with Crippen LogP contribution in [0.3, 0.4) is 0 Å². The first-order valence-electron chi connectivity index (χ1n) is 23.0. The molecule has 0 amide bonds. The first-order valence-corrected chi connectivity index (χ1v) is 23.0. The van der Waals surface area contributed by atoms with Gasteiger partial charge in [-0.1, -0.05) is 281 Å². The molecule has 310 valence electrons. The Morgan fingerprint density at radius 2 is 0.848 bits per heavy atom. The van der Waals surface area contributed by atoms with E-state index in [0.29, 0.717) is 0 Å². The molecule has 11 rings (SSSR count). The number of hydrogen-bond acceptors (Lipinski definition) is 0. The van der Waals surface area contributed by atoms with Crippen LogP contribution >= 0.6 is 0 Å². The molecule has 66 heavy (non-hydrogen) atoms. The maximum absolute atomic E-state index is 4.44. The quantitative estimate of drug-likeness (QED) is 0.0937. The first kappa shape index (κ1) is 40.7. The van der Waals surface area contributed by atoms with E-state index in [0.717, 1.165) is 27.8 Å². The fraction of sp³-hybridized carbons (Fsp3) is 0.0164. The predicted molar refractivity (Wildman–Crippen MR) is 290 cm³/mol. The van der Waals surface area contributed by atoms with Crippen molar-refractivity contribution in [1.82, 2.24) is 9.55 Å². The van der Waals surface area contributed by atoms with Crippen LogP contribution in [0.15, 0.2) is 261 Å². The minimum atomic E-state index is 0.0560. The minimum Gasteiger partial charge on any atom is -0.354 e. The van der Waals surface area contributed by atoms with Crippen molar-refractivity contribution < 1.29 is 0 Å². The maximum atomic E-state index is 4.44. The zero-order valence-corrected chi connectivity index (χ0v) is 37.1. The molecule has 0 atom stereocenters. The number of aromatic nitrogens is 2. The van der Waals surface area contributed by atoms with Crippen LogP contribution in [0.25, 0.3) is 49.3 Å². The molecule has 0 aliphatic carbocycles. The van der Waals surface area contributed by atoms with E-state index in [1.165, 1.54) is 70.7 Å². The van der Waals surface area contributed by atoms with Crippen LogP contribution in [-0.4, -0.2) is 29.7 Å². The Labute approximate surface area is 388 Å². The molecule has 11 aromatic rings. The van der Waals surface area contributed by atoms with Gasteiger partial charge in [-0.15, -0.1) is 0 Å². The molecule has 2 nitrogen and oxygen atoms in total. The van der Waals surface area contributed by atoms with E-state index in [9.17, 15) is 0 Å². The lowest BCUT2D eigenvalue weighted by molar-refractivity contribution is 1.24. The van der Waals surface area contributed by atoms with Gasteiger partial charge >= 0.3 is 0 Å². The number of benzene rings is 9. The Balaban J connectivity index is 1.14. The van der Waals surface area contributed by atoms with Gasteiger partial charge in [-0.05, 0) is 30.4 Å². The summed E-state index contributed by atoms with van der Waals surface area (Å²) in [5, 5.41) is 4.82. The van der Waals surface area contributed by atoms with E-state index in [1.54, 1.807) is 0 Å². The first-order chi connectivity index (χ1) is 32.6. The third-order valence-corrected chi connectivity index (χ3v) is 13.5. The van der Waals surface area contributed by atoms with E-state index in [2.05, 4.69) is 266 Å². The average molecular weight is 840 g/mol. The van der Waals surface area contributed by atoms with E-state index in [4.69, 9.17) is 0 Å². The zero-order valence-electron chi connectivity index (χ0n) is 37.1. The summed E-state index contributed by atoms with van der Waals surface area (Å²) in [6, 6.07) is 83.9. The molecule has 0 bridgehead atoms. The third-order valence-electron chi connectivity index (χ3n) is 13.5.